The molecule has 0 aromatic carbocycles. The molecule has 1 atom stereocenters. The van der Waals surface area contributed by atoms with Crippen molar-refractivity contribution in [3.05, 3.63) is 6.92 Å². The summed E-state index contributed by atoms with van der Waals surface area (Å²) in [6.07, 6.45) is -0.855. The zero-order valence-corrected chi connectivity index (χ0v) is 9.21. The summed E-state index contributed by atoms with van der Waals surface area (Å²) in [5.41, 5.74) is 0. The van der Waals surface area contributed by atoms with Gasteiger partial charge in [-0.2, -0.15) is 0 Å². The zero-order valence-electron chi connectivity index (χ0n) is 6.25. The summed E-state index contributed by atoms with van der Waals surface area (Å²) in [5, 5.41) is 0. The number of hydrogen-bond acceptors (Lipinski definition) is 4. The summed E-state index contributed by atoms with van der Waals surface area (Å²) in [7, 11) is 0. The molecule has 0 aliphatic carbocycles. The van der Waals surface area contributed by atoms with Gasteiger partial charge in [-0.05, 0) is 0 Å². The van der Waals surface area contributed by atoms with Gasteiger partial charge in [0.25, 0.3) is 0 Å². The van der Waals surface area contributed by atoms with Crippen molar-refractivity contribution in [2.24, 2.45) is 0 Å². The van der Waals surface area contributed by atoms with Gasteiger partial charge in [-0.3, -0.25) is 0 Å². The Balaban J connectivity index is 0.000001000. The first-order valence-corrected chi connectivity index (χ1v) is 3.03. The molecule has 0 N–H and O–H groups in total. The Kier molecular flexibility index (Phi) is 5.42. The van der Waals surface area contributed by atoms with Gasteiger partial charge in [-0.25, -0.2) is 4.79 Å². The van der Waals surface area contributed by atoms with Crippen LogP contribution in [-0.4, -0.2) is 32.1 Å². The second-order valence-electron chi connectivity index (χ2n) is 1.88. The molecule has 60 valence electrons. The quantitative estimate of drug-likeness (QED) is 0.384. The Labute approximate surface area is 77.9 Å². The predicted octanol–water partition coefficient (Wildman–Crippen LogP) is 0.370. The van der Waals surface area contributed by atoms with Crippen LogP contribution < -0.4 is 0 Å². The summed E-state index contributed by atoms with van der Waals surface area (Å²) >= 11 is 0. The minimum absolute atomic E-state index is 0. The molecular weight excluding hydrogens is 201 g/mol. The Morgan fingerprint density at radius 2 is 2.45 bits per heavy atom. The van der Waals surface area contributed by atoms with Crippen LogP contribution >= 0.6 is 0 Å². The van der Waals surface area contributed by atoms with Gasteiger partial charge in [0, 0.05) is 19.5 Å². The molecule has 1 unspecified atom stereocenters. The molecule has 4 nitrogen and oxygen atoms in total. The molecule has 1 aliphatic rings. The van der Waals surface area contributed by atoms with Gasteiger partial charge >= 0.3 is 6.16 Å². The number of cyclic esters (lactones) is 2. The fourth-order valence-electron chi connectivity index (χ4n) is 0.662. The van der Waals surface area contributed by atoms with E-state index in [-0.39, 0.29) is 25.6 Å². The molecule has 0 bridgehead atoms. The van der Waals surface area contributed by atoms with E-state index < -0.39 is 6.16 Å². The first kappa shape index (κ1) is 10.9. The molecule has 11 heavy (non-hydrogen) atoms. The van der Waals surface area contributed by atoms with Gasteiger partial charge < -0.3 is 21.1 Å². The first-order chi connectivity index (χ1) is 4.83. The molecule has 1 aliphatic heterocycles. The Morgan fingerprint density at radius 1 is 1.73 bits per heavy atom. The van der Waals surface area contributed by atoms with E-state index in [2.05, 4.69) is 16.4 Å². The standard InChI is InChI=1S/C6H9O4.Zn/c1-2-8-3-5-4-9-6(7)10-5;/h5H,1-4H2;/q-1;. The maximum atomic E-state index is 10.3. The van der Waals surface area contributed by atoms with E-state index >= 15 is 0 Å². The summed E-state index contributed by atoms with van der Waals surface area (Å²) in [4.78, 5) is 10.3. The third-order valence-electron chi connectivity index (χ3n) is 1.10. The zero-order chi connectivity index (χ0) is 7.40. The molecule has 0 aromatic rings. The Hall–Kier alpha value is -0.147. The van der Waals surface area contributed by atoms with Crippen molar-refractivity contribution in [2.75, 3.05) is 19.8 Å². The van der Waals surface area contributed by atoms with Crippen LogP contribution in [0.3, 0.4) is 0 Å². The monoisotopic (exact) mass is 209 g/mol. The van der Waals surface area contributed by atoms with E-state index in [1.807, 2.05) is 0 Å². The molecule has 1 rings (SSSR count). The van der Waals surface area contributed by atoms with Crippen molar-refractivity contribution in [3.63, 3.8) is 0 Å². The summed E-state index contributed by atoms with van der Waals surface area (Å²) in [6.45, 7) is 4.51. The van der Waals surface area contributed by atoms with E-state index in [9.17, 15) is 4.79 Å². The molecule has 1 heterocycles. The fraction of sp³-hybridized carbons (Fsp3) is 0.667. The number of ether oxygens (including phenoxy) is 3. The van der Waals surface area contributed by atoms with Gasteiger partial charge in [0.15, 0.2) is 6.10 Å². The summed E-state index contributed by atoms with van der Waals surface area (Å²) in [6, 6.07) is 0. The first-order valence-electron chi connectivity index (χ1n) is 3.03. The smallest absolute Gasteiger partial charge is 0.430 e. The minimum atomic E-state index is -0.613. The van der Waals surface area contributed by atoms with Crippen LogP contribution in [0.5, 0.6) is 0 Å². The third kappa shape index (κ3) is 3.68. The van der Waals surface area contributed by atoms with Crippen molar-refractivity contribution in [1.82, 2.24) is 0 Å². The topological polar surface area (TPSA) is 44.8 Å². The summed E-state index contributed by atoms with van der Waals surface area (Å²) in [5.74, 6) is 0. The minimum Gasteiger partial charge on any atom is -0.430 e. The van der Waals surface area contributed by atoms with Gasteiger partial charge in [0.05, 0.1) is 6.61 Å². The van der Waals surface area contributed by atoms with E-state index in [1.54, 1.807) is 0 Å². The van der Waals surface area contributed by atoms with E-state index in [0.29, 0.717) is 19.8 Å². The molecule has 5 heteroatoms. The van der Waals surface area contributed by atoms with E-state index in [1.165, 1.54) is 0 Å². The second-order valence-corrected chi connectivity index (χ2v) is 1.88. The number of hydrogen-bond donors (Lipinski definition) is 0. The van der Waals surface area contributed by atoms with Gasteiger partial charge in [0.1, 0.15) is 6.61 Å². The van der Waals surface area contributed by atoms with Gasteiger partial charge in [-0.1, -0.05) is 6.61 Å². The van der Waals surface area contributed by atoms with Crippen molar-refractivity contribution in [1.29, 1.82) is 0 Å². The molecular formula is C6H9O4Zn-. The molecule has 0 radical (unpaired) electrons. The van der Waals surface area contributed by atoms with Crippen LogP contribution in [-0.2, 0) is 33.7 Å². The average molecular weight is 211 g/mol. The third-order valence-corrected chi connectivity index (χ3v) is 1.10. The van der Waals surface area contributed by atoms with Crippen LogP contribution in [0.1, 0.15) is 0 Å². The number of carbonyl (C=O) groups excluding carboxylic acids is 1. The van der Waals surface area contributed by atoms with Crippen LogP contribution in [0.25, 0.3) is 0 Å². The number of carbonyl (C=O) groups is 1. The normalized spacial score (nSPS) is 21.9. The van der Waals surface area contributed by atoms with Crippen molar-refractivity contribution in [3.8, 4) is 0 Å². The van der Waals surface area contributed by atoms with Crippen molar-refractivity contribution < 1.29 is 38.5 Å². The molecule has 0 amide bonds. The van der Waals surface area contributed by atoms with Crippen molar-refractivity contribution in [2.45, 2.75) is 6.10 Å². The Bertz CT molecular complexity index is 128. The molecule has 0 spiro atoms. The molecule has 1 fully saturated rings. The largest absolute Gasteiger partial charge is 0.508 e. The maximum absolute atomic E-state index is 10.3. The summed E-state index contributed by atoms with van der Waals surface area (Å²) < 4.78 is 14.0. The average Bonchev–Trinajstić information content (AvgIpc) is 2.31. The number of rotatable bonds is 3. The molecule has 0 saturated carbocycles. The van der Waals surface area contributed by atoms with Gasteiger partial charge in [0.2, 0.25) is 0 Å². The second kappa shape index (κ2) is 5.50. The van der Waals surface area contributed by atoms with Crippen LogP contribution in [0.15, 0.2) is 0 Å². The predicted molar refractivity (Wildman–Crippen MR) is 32.4 cm³/mol. The maximum Gasteiger partial charge on any atom is 0.508 e. The van der Waals surface area contributed by atoms with Crippen LogP contribution in [0.2, 0.25) is 0 Å². The Morgan fingerprint density at radius 3 is 2.91 bits per heavy atom. The SMILES string of the molecule is [CH2-]COCC1COC(=O)O1.[Zn]. The molecule has 1 saturated heterocycles. The van der Waals surface area contributed by atoms with Crippen LogP contribution in [0, 0.1) is 6.92 Å². The van der Waals surface area contributed by atoms with Crippen LogP contribution in [0.4, 0.5) is 4.79 Å². The van der Waals surface area contributed by atoms with Crippen molar-refractivity contribution >= 4 is 6.16 Å². The fourth-order valence-corrected chi connectivity index (χ4v) is 0.662. The van der Waals surface area contributed by atoms with E-state index in [4.69, 9.17) is 4.74 Å². The van der Waals surface area contributed by atoms with Gasteiger partial charge in [-0.15, -0.1) is 0 Å². The molecule has 0 aromatic heterocycles. The van der Waals surface area contributed by atoms with E-state index in [0.717, 1.165) is 0 Å².